The molecular formula is C15H29N3OS. The summed E-state index contributed by atoms with van der Waals surface area (Å²) >= 11 is 2.08. The van der Waals surface area contributed by atoms with Gasteiger partial charge in [0, 0.05) is 38.1 Å². The SMILES string of the molecule is CN=C(NCCCOCC1CC1)NCC1(C)CCCS1. The van der Waals surface area contributed by atoms with E-state index in [9.17, 15) is 0 Å². The van der Waals surface area contributed by atoms with Crippen molar-refractivity contribution >= 4 is 17.7 Å². The molecule has 2 fully saturated rings. The molecule has 1 aliphatic heterocycles. The van der Waals surface area contributed by atoms with Crippen molar-refractivity contribution < 1.29 is 4.74 Å². The number of nitrogens with one attached hydrogen (secondary N) is 2. The molecule has 0 radical (unpaired) electrons. The Hall–Kier alpha value is -0.420. The molecule has 1 heterocycles. The van der Waals surface area contributed by atoms with E-state index in [-0.39, 0.29) is 0 Å². The van der Waals surface area contributed by atoms with Crippen molar-refractivity contribution in [3.05, 3.63) is 0 Å². The van der Waals surface area contributed by atoms with Gasteiger partial charge in [0.2, 0.25) is 0 Å². The second kappa shape index (κ2) is 8.13. The van der Waals surface area contributed by atoms with Crippen LogP contribution in [0.2, 0.25) is 0 Å². The first-order chi connectivity index (χ1) is 9.72. The van der Waals surface area contributed by atoms with Crippen LogP contribution in [0, 0.1) is 5.92 Å². The number of thioether (sulfide) groups is 1. The molecule has 116 valence electrons. The van der Waals surface area contributed by atoms with Crippen molar-refractivity contribution in [2.75, 3.05) is 39.1 Å². The van der Waals surface area contributed by atoms with E-state index >= 15 is 0 Å². The number of ether oxygens (including phenoxy) is 1. The summed E-state index contributed by atoms with van der Waals surface area (Å²) in [6.45, 7) is 6.08. The molecule has 0 aromatic rings. The van der Waals surface area contributed by atoms with Crippen LogP contribution in [0.1, 0.15) is 39.0 Å². The molecular weight excluding hydrogens is 270 g/mol. The van der Waals surface area contributed by atoms with E-state index in [0.29, 0.717) is 4.75 Å². The predicted molar refractivity (Wildman–Crippen MR) is 87.6 cm³/mol. The predicted octanol–water partition coefficient (Wildman–Crippen LogP) is 2.25. The van der Waals surface area contributed by atoms with Crippen molar-refractivity contribution in [3.63, 3.8) is 0 Å². The quantitative estimate of drug-likeness (QED) is 0.410. The molecule has 1 aliphatic carbocycles. The van der Waals surface area contributed by atoms with E-state index in [4.69, 9.17) is 4.74 Å². The Morgan fingerprint density at radius 2 is 2.25 bits per heavy atom. The molecule has 2 N–H and O–H groups in total. The van der Waals surface area contributed by atoms with Crippen LogP contribution in [-0.4, -0.2) is 49.8 Å². The largest absolute Gasteiger partial charge is 0.381 e. The van der Waals surface area contributed by atoms with E-state index < -0.39 is 0 Å². The average Bonchev–Trinajstić information content (AvgIpc) is 3.18. The van der Waals surface area contributed by atoms with Crippen LogP contribution < -0.4 is 10.6 Å². The van der Waals surface area contributed by atoms with Gasteiger partial charge in [0.25, 0.3) is 0 Å². The minimum atomic E-state index is 0.380. The smallest absolute Gasteiger partial charge is 0.191 e. The van der Waals surface area contributed by atoms with Crippen molar-refractivity contribution in [2.45, 2.75) is 43.8 Å². The van der Waals surface area contributed by atoms with Gasteiger partial charge in [-0.2, -0.15) is 11.8 Å². The Kier molecular flexibility index (Phi) is 6.49. The fourth-order valence-electron chi connectivity index (χ4n) is 2.38. The lowest BCUT2D eigenvalue weighted by Crippen LogP contribution is -2.44. The van der Waals surface area contributed by atoms with Crippen LogP contribution in [-0.2, 0) is 4.74 Å². The highest BCUT2D eigenvalue weighted by atomic mass is 32.2. The molecule has 0 amide bonds. The maximum Gasteiger partial charge on any atom is 0.191 e. The van der Waals surface area contributed by atoms with Crippen molar-refractivity contribution in [1.82, 2.24) is 10.6 Å². The summed E-state index contributed by atoms with van der Waals surface area (Å²) in [6.07, 6.45) is 6.42. The number of hydrogen-bond donors (Lipinski definition) is 2. The van der Waals surface area contributed by atoms with Crippen LogP contribution in [0.5, 0.6) is 0 Å². The molecule has 0 aromatic carbocycles. The Labute approximate surface area is 127 Å². The average molecular weight is 299 g/mol. The Bertz CT molecular complexity index is 312. The molecule has 0 aromatic heterocycles. The van der Waals surface area contributed by atoms with Gasteiger partial charge in [-0.1, -0.05) is 0 Å². The second-order valence-corrected chi connectivity index (χ2v) is 7.81. The molecule has 4 nitrogen and oxygen atoms in total. The third-order valence-corrected chi connectivity index (χ3v) is 5.50. The number of aliphatic imine (C=N–C) groups is 1. The van der Waals surface area contributed by atoms with Gasteiger partial charge in [0.05, 0.1) is 0 Å². The van der Waals surface area contributed by atoms with Gasteiger partial charge in [0.15, 0.2) is 5.96 Å². The van der Waals surface area contributed by atoms with E-state index in [1.807, 2.05) is 7.05 Å². The van der Waals surface area contributed by atoms with Gasteiger partial charge in [-0.3, -0.25) is 4.99 Å². The first-order valence-corrected chi connectivity index (χ1v) is 8.87. The highest BCUT2D eigenvalue weighted by molar-refractivity contribution is 8.00. The minimum Gasteiger partial charge on any atom is -0.381 e. The fraction of sp³-hybridized carbons (Fsp3) is 0.933. The summed E-state index contributed by atoms with van der Waals surface area (Å²) in [6, 6.07) is 0. The first-order valence-electron chi connectivity index (χ1n) is 7.88. The first kappa shape index (κ1) is 16.0. The normalized spacial score (nSPS) is 26.8. The van der Waals surface area contributed by atoms with Crippen LogP contribution in [0.4, 0.5) is 0 Å². The molecule has 1 saturated carbocycles. The van der Waals surface area contributed by atoms with E-state index in [1.54, 1.807) is 0 Å². The zero-order valence-electron chi connectivity index (χ0n) is 12.9. The topological polar surface area (TPSA) is 45.7 Å². The van der Waals surface area contributed by atoms with E-state index in [1.165, 1.54) is 31.4 Å². The zero-order chi connectivity index (χ0) is 14.3. The van der Waals surface area contributed by atoms with Crippen LogP contribution in [0.25, 0.3) is 0 Å². The van der Waals surface area contributed by atoms with Gasteiger partial charge < -0.3 is 15.4 Å². The lowest BCUT2D eigenvalue weighted by Gasteiger charge is -2.24. The number of hydrogen-bond acceptors (Lipinski definition) is 3. The lowest BCUT2D eigenvalue weighted by atomic mass is 10.1. The number of rotatable bonds is 8. The van der Waals surface area contributed by atoms with Gasteiger partial charge in [-0.15, -0.1) is 0 Å². The summed E-state index contributed by atoms with van der Waals surface area (Å²) in [5.41, 5.74) is 0. The van der Waals surface area contributed by atoms with Crippen molar-refractivity contribution in [3.8, 4) is 0 Å². The van der Waals surface area contributed by atoms with Crippen LogP contribution >= 0.6 is 11.8 Å². The zero-order valence-corrected chi connectivity index (χ0v) is 13.7. The summed E-state index contributed by atoms with van der Waals surface area (Å²) < 4.78 is 6.01. The maximum atomic E-state index is 5.63. The van der Waals surface area contributed by atoms with Crippen molar-refractivity contribution in [1.29, 1.82) is 0 Å². The molecule has 20 heavy (non-hydrogen) atoms. The molecule has 2 rings (SSSR count). The van der Waals surface area contributed by atoms with Gasteiger partial charge in [-0.05, 0) is 50.7 Å². The molecule has 2 aliphatic rings. The maximum absolute atomic E-state index is 5.63. The standard InChI is InChI=1S/C15H29N3OS/c1-15(7-3-10-20-15)12-18-14(16-2)17-8-4-9-19-11-13-5-6-13/h13H,3-12H2,1-2H3,(H2,16,17,18). The molecule has 0 bridgehead atoms. The monoisotopic (exact) mass is 299 g/mol. The highest BCUT2D eigenvalue weighted by Crippen LogP contribution is 2.36. The van der Waals surface area contributed by atoms with E-state index in [0.717, 1.165) is 44.6 Å². The second-order valence-electron chi connectivity index (χ2n) is 6.13. The van der Waals surface area contributed by atoms with Gasteiger partial charge >= 0.3 is 0 Å². The highest BCUT2D eigenvalue weighted by Gasteiger charge is 2.29. The Morgan fingerprint density at radius 1 is 1.40 bits per heavy atom. The Morgan fingerprint density at radius 3 is 2.90 bits per heavy atom. The van der Waals surface area contributed by atoms with Crippen LogP contribution in [0.15, 0.2) is 4.99 Å². The van der Waals surface area contributed by atoms with E-state index in [2.05, 4.69) is 34.3 Å². The third-order valence-electron chi connectivity index (χ3n) is 3.96. The summed E-state index contributed by atoms with van der Waals surface area (Å²) in [5.74, 6) is 3.07. The summed E-state index contributed by atoms with van der Waals surface area (Å²) in [5, 5.41) is 6.81. The Balaban J connectivity index is 1.50. The fourth-order valence-corrected chi connectivity index (χ4v) is 3.63. The number of nitrogens with zero attached hydrogens (tertiary/aromatic N) is 1. The molecule has 5 heteroatoms. The molecule has 0 spiro atoms. The number of guanidine groups is 1. The van der Waals surface area contributed by atoms with Crippen molar-refractivity contribution in [2.24, 2.45) is 10.9 Å². The van der Waals surface area contributed by atoms with Gasteiger partial charge in [0.1, 0.15) is 0 Å². The third kappa shape index (κ3) is 5.92. The molecule has 1 saturated heterocycles. The summed E-state index contributed by atoms with van der Waals surface area (Å²) in [4.78, 5) is 4.28. The van der Waals surface area contributed by atoms with Crippen LogP contribution in [0.3, 0.4) is 0 Å². The minimum absolute atomic E-state index is 0.380. The van der Waals surface area contributed by atoms with Gasteiger partial charge in [-0.25, -0.2) is 0 Å². The lowest BCUT2D eigenvalue weighted by molar-refractivity contribution is 0.123. The molecule has 1 unspecified atom stereocenters. The molecule has 1 atom stereocenters. The summed E-state index contributed by atoms with van der Waals surface area (Å²) in [7, 11) is 1.84.